The van der Waals surface area contributed by atoms with E-state index in [1.54, 1.807) is 7.11 Å². The lowest BCUT2D eigenvalue weighted by Crippen LogP contribution is -2.17. The Bertz CT molecular complexity index is 486. The third-order valence-electron chi connectivity index (χ3n) is 2.90. The van der Waals surface area contributed by atoms with Crippen molar-refractivity contribution in [3.8, 4) is 11.5 Å². The summed E-state index contributed by atoms with van der Waals surface area (Å²) in [6.07, 6.45) is 4.59. The molecule has 0 atom stereocenters. The second-order valence-corrected chi connectivity index (χ2v) is 4.41. The highest BCUT2D eigenvalue weighted by Gasteiger charge is 1.95. The number of benzene rings is 1. The van der Waals surface area contributed by atoms with Crippen molar-refractivity contribution in [1.82, 2.24) is 10.3 Å². The first kappa shape index (κ1) is 14.3. The van der Waals surface area contributed by atoms with Gasteiger partial charge in [-0.3, -0.25) is 4.98 Å². The predicted molar refractivity (Wildman–Crippen MR) is 79.0 cm³/mol. The van der Waals surface area contributed by atoms with Crippen molar-refractivity contribution >= 4 is 0 Å². The van der Waals surface area contributed by atoms with Crippen LogP contribution in [0.2, 0.25) is 0 Å². The smallest absolute Gasteiger partial charge is 0.119 e. The van der Waals surface area contributed by atoms with Gasteiger partial charge in [0.05, 0.1) is 13.7 Å². The SMILES string of the molecule is COc1ccc(OCCCNCc2ccncc2)cc1. The van der Waals surface area contributed by atoms with Crippen LogP contribution in [0.15, 0.2) is 48.8 Å². The summed E-state index contributed by atoms with van der Waals surface area (Å²) in [5.74, 6) is 1.72. The number of pyridine rings is 1. The molecule has 4 nitrogen and oxygen atoms in total. The molecule has 0 aliphatic rings. The minimum Gasteiger partial charge on any atom is -0.497 e. The topological polar surface area (TPSA) is 43.4 Å². The van der Waals surface area contributed by atoms with Gasteiger partial charge in [0.2, 0.25) is 0 Å². The van der Waals surface area contributed by atoms with E-state index in [1.807, 2.05) is 48.8 Å². The number of methoxy groups -OCH3 is 1. The molecule has 1 heterocycles. The van der Waals surface area contributed by atoms with Crippen molar-refractivity contribution in [2.45, 2.75) is 13.0 Å². The van der Waals surface area contributed by atoms with Crippen molar-refractivity contribution in [3.63, 3.8) is 0 Å². The molecule has 2 rings (SSSR count). The largest absolute Gasteiger partial charge is 0.497 e. The van der Waals surface area contributed by atoms with E-state index in [9.17, 15) is 0 Å². The molecule has 0 amide bonds. The second-order valence-electron chi connectivity index (χ2n) is 4.41. The lowest BCUT2D eigenvalue weighted by atomic mass is 10.2. The Hall–Kier alpha value is -2.07. The third-order valence-corrected chi connectivity index (χ3v) is 2.90. The van der Waals surface area contributed by atoms with Gasteiger partial charge in [-0.15, -0.1) is 0 Å². The average molecular weight is 272 g/mol. The van der Waals surface area contributed by atoms with Gasteiger partial charge in [-0.1, -0.05) is 0 Å². The maximum Gasteiger partial charge on any atom is 0.119 e. The first-order valence-corrected chi connectivity index (χ1v) is 6.75. The zero-order chi connectivity index (χ0) is 14.0. The van der Waals surface area contributed by atoms with E-state index >= 15 is 0 Å². The number of nitrogens with one attached hydrogen (secondary N) is 1. The first-order chi connectivity index (χ1) is 9.88. The van der Waals surface area contributed by atoms with Crippen molar-refractivity contribution in [2.24, 2.45) is 0 Å². The highest BCUT2D eigenvalue weighted by molar-refractivity contribution is 5.31. The van der Waals surface area contributed by atoms with Crippen LogP contribution in [0.5, 0.6) is 11.5 Å². The summed E-state index contributed by atoms with van der Waals surface area (Å²) >= 11 is 0. The molecule has 0 unspecified atom stereocenters. The van der Waals surface area contributed by atoms with Crippen LogP contribution in [0.3, 0.4) is 0 Å². The summed E-state index contributed by atoms with van der Waals surface area (Å²) in [6.45, 7) is 2.50. The molecule has 4 heteroatoms. The minimum absolute atomic E-state index is 0.704. The van der Waals surface area contributed by atoms with Gasteiger partial charge in [0.15, 0.2) is 0 Å². The molecule has 1 N–H and O–H groups in total. The number of aromatic nitrogens is 1. The van der Waals surface area contributed by atoms with Crippen LogP contribution in [0, 0.1) is 0 Å². The molecular formula is C16H20N2O2. The molecule has 20 heavy (non-hydrogen) atoms. The van der Waals surface area contributed by atoms with E-state index in [4.69, 9.17) is 9.47 Å². The summed E-state index contributed by atoms with van der Waals surface area (Å²) in [6, 6.07) is 11.7. The van der Waals surface area contributed by atoms with Gasteiger partial charge in [-0.05, 0) is 54.9 Å². The van der Waals surface area contributed by atoms with E-state index < -0.39 is 0 Å². The molecule has 0 spiro atoms. The monoisotopic (exact) mass is 272 g/mol. The predicted octanol–water partition coefficient (Wildman–Crippen LogP) is 2.65. The Balaban J connectivity index is 1.57. The van der Waals surface area contributed by atoms with E-state index in [-0.39, 0.29) is 0 Å². The van der Waals surface area contributed by atoms with Crippen LogP contribution in [-0.4, -0.2) is 25.2 Å². The van der Waals surface area contributed by atoms with Crippen molar-refractivity contribution in [1.29, 1.82) is 0 Å². The van der Waals surface area contributed by atoms with Crippen LogP contribution in [-0.2, 0) is 6.54 Å². The average Bonchev–Trinajstić information content (AvgIpc) is 2.52. The van der Waals surface area contributed by atoms with E-state index in [0.717, 1.165) is 31.0 Å². The van der Waals surface area contributed by atoms with Gasteiger partial charge in [0, 0.05) is 18.9 Å². The highest BCUT2D eigenvalue weighted by Crippen LogP contribution is 2.16. The fraction of sp³-hybridized carbons (Fsp3) is 0.312. The van der Waals surface area contributed by atoms with Gasteiger partial charge < -0.3 is 14.8 Å². The first-order valence-electron chi connectivity index (χ1n) is 6.75. The van der Waals surface area contributed by atoms with Crippen molar-refractivity contribution in [3.05, 3.63) is 54.4 Å². The van der Waals surface area contributed by atoms with Gasteiger partial charge in [0.25, 0.3) is 0 Å². The van der Waals surface area contributed by atoms with Gasteiger partial charge in [-0.25, -0.2) is 0 Å². The molecule has 0 aliphatic heterocycles. The molecule has 1 aromatic carbocycles. The zero-order valence-corrected chi connectivity index (χ0v) is 11.7. The third kappa shape index (κ3) is 4.90. The van der Waals surface area contributed by atoms with Crippen LogP contribution in [0.4, 0.5) is 0 Å². The number of ether oxygens (including phenoxy) is 2. The van der Waals surface area contributed by atoms with Crippen LogP contribution in [0.25, 0.3) is 0 Å². The molecular weight excluding hydrogens is 252 g/mol. The quantitative estimate of drug-likeness (QED) is 0.750. The molecule has 0 radical (unpaired) electrons. The summed E-state index contributed by atoms with van der Waals surface area (Å²) in [4.78, 5) is 3.99. The molecule has 0 fully saturated rings. The Morgan fingerprint density at radius 1 is 1.00 bits per heavy atom. The Morgan fingerprint density at radius 3 is 2.40 bits per heavy atom. The fourth-order valence-electron chi connectivity index (χ4n) is 1.79. The van der Waals surface area contributed by atoms with Crippen LogP contribution >= 0.6 is 0 Å². The zero-order valence-electron chi connectivity index (χ0n) is 11.7. The minimum atomic E-state index is 0.704. The molecule has 106 valence electrons. The van der Waals surface area contributed by atoms with E-state index in [2.05, 4.69) is 10.3 Å². The number of hydrogen-bond donors (Lipinski definition) is 1. The molecule has 0 aliphatic carbocycles. The molecule has 2 aromatic rings. The number of nitrogens with zero attached hydrogens (tertiary/aromatic N) is 1. The lowest BCUT2D eigenvalue weighted by molar-refractivity contribution is 0.307. The van der Waals surface area contributed by atoms with Crippen LogP contribution < -0.4 is 14.8 Å². The Kier molecular flexibility index (Phi) is 5.86. The normalized spacial score (nSPS) is 10.2. The highest BCUT2D eigenvalue weighted by atomic mass is 16.5. The summed E-state index contributed by atoms with van der Waals surface area (Å²) in [5.41, 5.74) is 1.25. The van der Waals surface area contributed by atoms with Crippen LogP contribution in [0.1, 0.15) is 12.0 Å². The van der Waals surface area contributed by atoms with Gasteiger partial charge in [-0.2, -0.15) is 0 Å². The Morgan fingerprint density at radius 2 is 1.70 bits per heavy atom. The lowest BCUT2D eigenvalue weighted by Gasteiger charge is -2.08. The summed E-state index contributed by atoms with van der Waals surface area (Å²) in [5, 5.41) is 3.38. The fourth-order valence-corrected chi connectivity index (χ4v) is 1.79. The number of rotatable bonds is 8. The molecule has 1 aromatic heterocycles. The number of hydrogen-bond acceptors (Lipinski definition) is 4. The molecule has 0 saturated heterocycles. The summed E-state index contributed by atoms with van der Waals surface area (Å²) in [7, 11) is 1.66. The van der Waals surface area contributed by atoms with Crippen molar-refractivity contribution < 1.29 is 9.47 Å². The standard InChI is InChI=1S/C16H20N2O2/c1-19-15-3-5-16(6-4-15)20-12-2-9-18-13-14-7-10-17-11-8-14/h3-8,10-11,18H,2,9,12-13H2,1H3. The van der Waals surface area contributed by atoms with Gasteiger partial charge >= 0.3 is 0 Å². The second kappa shape index (κ2) is 8.17. The van der Waals surface area contributed by atoms with Gasteiger partial charge in [0.1, 0.15) is 11.5 Å². The molecule has 0 saturated carbocycles. The van der Waals surface area contributed by atoms with E-state index in [1.165, 1.54) is 5.56 Å². The Labute approximate surface area is 119 Å². The molecule has 0 bridgehead atoms. The van der Waals surface area contributed by atoms with E-state index in [0.29, 0.717) is 6.61 Å². The van der Waals surface area contributed by atoms with Crippen molar-refractivity contribution in [2.75, 3.05) is 20.3 Å². The maximum absolute atomic E-state index is 5.65. The maximum atomic E-state index is 5.65. The summed E-state index contributed by atoms with van der Waals surface area (Å²) < 4.78 is 10.8.